The molecule has 0 spiro atoms. The first kappa shape index (κ1) is 17.2. The van der Waals surface area contributed by atoms with Gasteiger partial charge in [-0.2, -0.15) is 5.10 Å². The van der Waals surface area contributed by atoms with Crippen LogP contribution in [0.4, 0.5) is 17.1 Å². The lowest BCUT2D eigenvalue weighted by atomic mass is 10.2. The van der Waals surface area contributed by atoms with E-state index in [1.165, 1.54) is 0 Å². The van der Waals surface area contributed by atoms with Crippen molar-refractivity contribution in [1.82, 2.24) is 10.3 Å². The van der Waals surface area contributed by atoms with Gasteiger partial charge in [-0.15, -0.1) is 0 Å². The molecule has 0 unspecified atom stereocenters. The van der Waals surface area contributed by atoms with E-state index in [0.717, 1.165) is 11.0 Å². The Bertz CT molecular complexity index is 904. The summed E-state index contributed by atoms with van der Waals surface area (Å²) in [4.78, 5) is 27.5. The van der Waals surface area contributed by atoms with Crippen LogP contribution in [0, 0.1) is 30.3 Å². The number of aromatic nitrogens is 3. The van der Waals surface area contributed by atoms with Crippen LogP contribution >= 0.6 is 0 Å². The molecular weight excluding hydrogens is 340 g/mol. The third kappa shape index (κ3) is 3.79. The van der Waals surface area contributed by atoms with E-state index in [-0.39, 0.29) is 0 Å². The Morgan fingerprint density at radius 1 is 0.920 bits per heavy atom. The van der Waals surface area contributed by atoms with Crippen molar-refractivity contribution in [2.75, 3.05) is 0 Å². The molecule has 0 fully saturated rings. The van der Waals surface area contributed by atoms with Crippen molar-refractivity contribution in [3.8, 4) is 5.75 Å². The molecule has 1 aromatic heterocycles. The van der Waals surface area contributed by atoms with Crippen LogP contribution in [0.3, 0.4) is 0 Å². The van der Waals surface area contributed by atoms with Crippen LogP contribution in [0.15, 0.2) is 36.4 Å². The molecule has 3 rings (SSSR count). The second-order valence-corrected chi connectivity index (χ2v) is 4.45. The van der Waals surface area contributed by atoms with Gasteiger partial charge in [-0.25, -0.2) is 0 Å². The topological polar surface area (TPSA) is 195 Å². The van der Waals surface area contributed by atoms with Gasteiger partial charge in [0, 0.05) is 5.10 Å². The molecule has 0 amide bonds. The molecule has 0 atom stereocenters. The van der Waals surface area contributed by atoms with E-state index in [1.54, 1.807) is 0 Å². The normalized spacial score (nSPS) is 9.92. The molecule has 0 saturated carbocycles. The van der Waals surface area contributed by atoms with Crippen LogP contribution in [-0.2, 0) is 0 Å². The molecule has 128 valence electrons. The molecule has 0 radical (unpaired) electrons. The van der Waals surface area contributed by atoms with Crippen LogP contribution in [0.2, 0.25) is 0 Å². The van der Waals surface area contributed by atoms with Crippen LogP contribution < -0.4 is 10.2 Å². The number of hydrogen-bond acceptors (Lipinski definition) is 8. The minimum atomic E-state index is -1.46. The molecule has 2 N–H and O–H groups in total. The summed E-state index contributed by atoms with van der Waals surface area (Å²) >= 11 is 0. The largest absolute Gasteiger partial charge is 0.863 e. The molecule has 0 bridgehead atoms. The van der Waals surface area contributed by atoms with Gasteiger partial charge in [0.2, 0.25) is 5.52 Å². The molecule has 13 heteroatoms. The number of nitrogens with one attached hydrogen (secondary N) is 2. The molecule has 3 aromatic rings. The van der Waals surface area contributed by atoms with Gasteiger partial charge in [0.25, 0.3) is 17.1 Å². The van der Waals surface area contributed by atoms with E-state index >= 15 is 0 Å². The third-order valence-corrected chi connectivity index (χ3v) is 2.91. The summed E-state index contributed by atoms with van der Waals surface area (Å²) in [6.07, 6.45) is 0. The van der Waals surface area contributed by atoms with Crippen molar-refractivity contribution in [1.29, 1.82) is 0 Å². The monoisotopic (exact) mass is 348 g/mol. The van der Waals surface area contributed by atoms with Crippen molar-refractivity contribution < 1.29 is 25.0 Å². The number of hydrogen-bond donors (Lipinski definition) is 1. The molecule has 0 aliphatic carbocycles. The maximum atomic E-state index is 11.1. The van der Waals surface area contributed by atoms with Gasteiger partial charge in [-0.1, -0.05) is 17.3 Å². The van der Waals surface area contributed by atoms with Crippen LogP contribution in [-0.4, -0.2) is 25.1 Å². The van der Waals surface area contributed by atoms with E-state index in [9.17, 15) is 35.4 Å². The molecule has 0 aliphatic rings. The zero-order chi connectivity index (χ0) is 18.6. The van der Waals surface area contributed by atoms with Gasteiger partial charge in [-0.05, 0) is 12.1 Å². The number of nitrogens with zero attached hydrogens (tertiary/aromatic N) is 4. The van der Waals surface area contributed by atoms with Crippen molar-refractivity contribution in [3.05, 3.63) is 66.7 Å². The summed E-state index contributed by atoms with van der Waals surface area (Å²) in [7, 11) is 0. The highest BCUT2D eigenvalue weighted by Crippen LogP contribution is 2.36. The Morgan fingerprint density at radius 2 is 1.48 bits per heavy atom. The first-order valence-corrected chi connectivity index (χ1v) is 6.40. The lowest BCUT2D eigenvalue weighted by molar-refractivity contribution is -0.427. The average molecular weight is 348 g/mol. The summed E-state index contributed by atoms with van der Waals surface area (Å²) in [5.74, 6) is -1.46. The Morgan fingerprint density at radius 3 is 1.96 bits per heavy atom. The standard InChI is InChI=1S/C6H3N3O7.C6H5N3/c10-6-4(8(13)14)1-3(7(11)12)2-5(6)9(15)16;1-2-4-6-5(3-1)7-9-8-6/h1-2,10H;1-4H,(H,7,8,9). The Balaban J connectivity index is 0.000000208. The van der Waals surface area contributed by atoms with Gasteiger partial charge in [0.15, 0.2) is 5.52 Å². The van der Waals surface area contributed by atoms with Gasteiger partial charge in [-0.3, -0.25) is 30.3 Å². The zero-order valence-electron chi connectivity index (χ0n) is 12.1. The third-order valence-electron chi connectivity index (χ3n) is 2.91. The van der Waals surface area contributed by atoms with Crippen molar-refractivity contribution >= 4 is 28.1 Å². The SMILES string of the molecule is O=[N+]([O-])c1cc([N+](=O)[O-])c([O-])c([N+](=O)[O-])c1.c1ccc2[nH+][nH]nc2c1. The maximum Gasteiger partial charge on any atom is 0.283 e. The Kier molecular flexibility index (Phi) is 4.78. The summed E-state index contributed by atoms with van der Waals surface area (Å²) in [5.41, 5.74) is -1.25. The number of H-pyrrole nitrogens is 2. The highest BCUT2D eigenvalue weighted by atomic mass is 16.6. The molecular formula is C12H8N6O7. The summed E-state index contributed by atoms with van der Waals surface area (Å²) < 4.78 is 0. The van der Waals surface area contributed by atoms with Crippen molar-refractivity contribution in [2.45, 2.75) is 0 Å². The maximum absolute atomic E-state index is 11.1. The number of fused-ring (bicyclic) bond motifs is 1. The number of non-ortho nitro benzene ring substituents is 1. The number of nitro groups is 3. The predicted octanol–water partition coefficient (Wildman–Crippen LogP) is 0.862. The lowest BCUT2D eigenvalue weighted by Gasteiger charge is -2.06. The Labute approximate surface area is 137 Å². The summed E-state index contributed by atoms with van der Waals surface area (Å²) in [6.45, 7) is 0. The van der Waals surface area contributed by atoms with E-state index in [2.05, 4.69) is 15.4 Å². The molecule has 13 nitrogen and oxygen atoms in total. The number of aromatic amines is 2. The molecule has 1 heterocycles. The minimum Gasteiger partial charge on any atom is -0.863 e. The smallest absolute Gasteiger partial charge is 0.283 e. The number of rotatable bonds is 3. The quantitative estimate of drug-likeness (QED) is 0.531. The summed E-state index contributed by atoms with van der Waals surface area (Å²) in [5, 5.41) is 51.6. The number of nitro benzene ring substituents is 3. The van der Waals surface area contributed by atoms with Gasteiger partial charge < -0.3 is 5.11 Å². The first-order chi connectivity index (χ1) is 11.8. The number of benzene rings is 2. The highest BCUT2D eigenvalue weighted by Gasteiger charge is 2.24. The fraction of sp³-hybridized carbons (Fsp3) is 0. The lowest BCUT2D eigenvalue weighted by Crippen LogP contribution is -2.04. The second kappa shape index (κ2) is 6.95. The molecule has 0 saturated heterocycles. The first-order valence-electron chi connectivity index (χ1n) is 6.40. The van der Waals surface area contributed by atoms with Gasteiger partial charge in [0.05, 0.1) is 32.7 Å². The van der Waals surface area contributed by atoms with E-state index in [1.807, 2.05) is 24.3 Å². The average Bonchev–Trinajstić information content (AvgIpc) is 3.03. The summed E-state index contributed by atoms with van der Waals surface area (Å²) in [6, 6.07) is 8.61. The molecule has 25 heavy (non-hydrogen) atoms. The van der Waals surface area contributed by atoms with Crippen molar-refractivity contribution in [2.24, 2.45) is 0 Å². The minimum absolute atomic E-state index is 0.384. The van der Waals surface area contributed by atoms with E-state index in [0.29, 0.717) is 12.1 Å². The molecule has 0 aliphatic heterocycles. The predicted molar refractivity (Wildman–Crippen MR) is 78.5 cm³/mol. The number of para-hydroxylation sites is 2. The van der Waals surface area contributed by atoms with E-state index in [4.69, 9.17) is 0 Å². The van der Waals surface area contributed by atoms with Crippen LogP contribution in [0.5, 0.6) is 5.75 Å². The van der Waals surface area contributed by atoms with Crippen LogP contribution in [0.1, 0.15) is 0 Å². The fourth-order valence-electron chi connectivity index (χ4n) is 1.79. The highest BCUT2D eigenvalue weighted by molar-refractivity contribution is 5.69. The van der Waals surface area contributed by atoms with Gasteiger partial charge >= 0.3 is 0 Å². The fourth-order valence-corrected chi connectivity index (χ4v) is 1.79. The zero-order valence-corrected chi connectivity index (χ0v) is 12.1. The molecule has 2 aromatic carbocycles. The Hall–Kier alpha value is -4.16. The van der Waals surface area contributed by atoms with Crippen molar-refractivity contribution in [3.63, 3.8) is 0 Å². The second-order valence-electron chi connectivity index (χ2n) is 4.45. The van der Waals surface area contributed by atoms with Gasteiger partial charge in [0.1, 0.15) is 0 Å². The van der Waals surface area contributed by atoms with Crippen LogP contribution in [0.25, 0.3) is 11.0 Å². The van der Waals surface area contributed by atoms with E-state index < -0.39 is 37.6 Å².